The van der Waals surface area contributed by atoms with Crippen LogP contribution in [0.25, 0.3) is 22.0 Å². The molecule has 0 bridgehead atoms. The highest BCUT2D eigenvalue weighted by molar-refractivity contribution is 6.30. The number of benzene rings is 3. The van der Waals surface area contributed by atoms with Gasteiger partial charge in [0.2, 0.25) is 5.95 Å². The Morgan fingerprint density at radius 2 is 1.69 bits per heavy atom. The van der Waals surface area contributed by atoms with E-state index in [1.165, 1.54) is 0 Å². The first-order chi connectivity index (χ1) is 12.7. The average Bonchev–Trinajstić information content (AvgIpc) is 2.69. The second kappa shape index (κ2) is 7.02. The molecule has 3 aromatic carbocycles. The van der Waals surface area contributed by atoms with Crippen molar-refractivity contribution in [1.29, 1.82) is 0 Å². The van der Waals surface area contributed by atoms with E-state index < -0.39 is 0 Å². The van der Waals surface area contributed by atoms with Gasteiger partial charge in [-0.1, -0.05) is 41.9 Å². The van der Waals surface area contributed by atoms with Gasteiger partial charge in [-0.15, -0.1) is 0 Å². The third-order valence-electron chi connectivity index (χ3n) is 4.11. The highest BCUT2D eigenvalue weighted by Crippen LogP contribution is 2.29. The lowest BCUT2D eigenvalue weighted by molar-refractivity contribution is 0.415. The third-order valence-corrected chi connectivity index (χ3v) is 4.36. The standard InChI is InChI=1S/C21H16ClN3O/c1-26-18-11-5-14(6-12-18)19-4-2-3-15-13-23-21(25-20(15)19)24-17-9-7-16(22)8-10-17/h2-13H,1H3,(H,23,24,25). The van der Waals surface area contributed by atoms with Gasteiger partial charge in [-0.2, -0.15) is 0 Å². The minimum atomic E-state index is 0.542. The van der Waals surface area contributed by atoms with Crippen molar-refractivity contribution in [3.8, 4) is 16.9 Å². The zero-order valence-corrected chi connectivity index (χ0v) is 14.9. The zero-order valence-electron chi connectivity index (χ0n) is 14.1. The van der Waals surface area contributed by atoms with Gasteiger partial charge in [0.05, 0.1) is 12.6 Å². The van der Waals surface area contributed by atoms with Crippen molar-refractivity contribution in [3.05, 3.63) is 77.9 Å². The van der Waals surface area contributed by atoms with Crippen LogP contribution in [0, 0.1) is 0 Å². The second-order valence-electron chi connectivity index (χ2n) is 5.80. The first kappa shape index (κ1) is 16.4. The van der Waals surface area contributed by atoms with E-state index in [-0.39, 0.29) is 0 Å². The van der Waals surface area contributed by atoms with Crippen molar-refractivity contribution in [2.75, 3.05) is 12.4 Å². The first-order valence-corrected chi connectivity index (χ1v) is 8.53. The molecule has 0 spiro atoms. The van der Waals surface area contributed by atoms with E-state index in [4.69, 9.17) is 21.3 Å². The van der Waals surface area contributed by atoms with Gasteiger partial charge in [-0.25, -0.2) is 9.97 Å². The number of aromatic nitrogens is 2. The molecule has 26 heavy (non-hydrogen) atoms. The quantitative estimate of drug-likeness (QED) is 0.506. The molecule has 4 aromatic rings. The average molecular weight is 362 g/mol. The van der Waals surface area contributed by atoms with Crippen molar-refractivity contribution in [3.63, 3.8) is 0 Å². The minimum Gasteiger partial charge on any atom is -0.497 e. The summed E-state index contributed by atoms with van der Waals surface area (Å²) < 4.78 is 5.24. The SMILES string of the molecule is COc1ccc(-c2cccc3cnc(Nc4ccc(Cl)cc4)nc23)cc1. The van der Waals surface area contributed by atoms with E-state index >= 15 is 0 Å². The fourth-order valence-corrected chi connectivity index (χ4v) is 2.91. The number of nitrogens with one attached hydrogen (secondary N) is 1. The molecule has 0 amide bonds. The zero-order chi connectivity index (χ0) is 17.9. The molecule has 128 valence electrons. The molecule has 0 aliphatic heterocycles. The summed E-state index contributed by atoms with van der Waals surface area (Å²) in [7, 11) is 1.66. The van der Waals surface area contributed by atoms with Crippen molar-refractivity contribution >= 4 is 34.1 Å². The molecule has 1 heterocycles. The molecule has 0 aliphatic carbocycles. The van der Waals surface area contributed by atoms with Crippen LogP contribution < -0.4 is 10.1 Å². The molecule has 0 saturated carbocycles. The lowest BCUT2D eigenvalue weighted by atomic mass is 10.0. The minimum absolute atomic E-state index is 0.542. The van der Waals surface area contributed by atoms with Crippen LogP contribution in [-0.2, 0) is 0 Å². The first-order valence-electron chi connectivity index (χ1n) is 8.16. The lowest BCUT2D eigenvalue weighted by Gasteiger charge is -2.10. The normalized spacial score (nSPS) is 10.7. The number of halogens is 1. The van der Waals surface area contributed by atoms with Crippen LogP contribution in [0.3, 0.4) is 0 Å². The number of para-hydroxylation sites is 1. The van der Waals surface area contributed by atoms with Crippen molar-refractivity contribution in [1.82, 2.24) is 9.97 Å². The van der Waals surface area contributed by atoms with E-state index in [1.54, 1.807) is 7.11 Å². The Hall–Kier alpha value is -3.11. The highest BCUT2D eigenvalue weighted by Gasteiger charge is 2.08. The van der Waals surface area contributed by atoms with E-state index in [2.05, 4.69) is 16.4 Å². The Labute approximate surface area is 156 Å². The van der Waals surface area contributed by atoms with Gasteiger partial charge in [-0.05, 0) is 42.0 Å². The van der Waals surface area contributed by atoms with Crippen LogP contribution in [0.4, 0.5) is 11.6 Å². The summed E-state index contributed by atoms with van der Waals surface area (Å²) in [4.78, 5) is 9.14. The Morgan fingerprint density at radius 3 is 2.42 bits per heavy atom. The van der Waals surface area contributed by atoms with E-state index in [0.29, 0.717) is 11.0 Å². The molecule has 4 nitrogen and oxygen atoms in total. The number of ether oxygens (including phenoxy) is 1. The summed E-state index contributed by atoms with van der Waals surface area (Å²) in [5.74, 6) is 1.37. The van der Waals surface area contributed by atoms with Gasteiger partial charge in [0.25, 0.3) is 0 Å². The van der Waals surface area contributed by atoms with E-state index in [0.717, 1.165) is 33.5 Å². The third kappa shape index (κ3) is 3.32. The Morgan fingerprint density at radius 1 is 0.923 bits per heavy atom. The summed E-state index contributed by atoms with van der Waals surface area (Å²) in [5, 5.41) is 4.90. The number of fused-ring (bicyclic) bond motifs is 1. The number of methoxy groups -OCH3 is 1. The Bertz CT molecular complexity index is 1050. The van der Waals surface area contributed by atoms with Crippen molar-refractivity contribution in [2.24, 2.45) is 0 Å². The van der Waals surface area contributed by atoms with Crippen LogP contribution in [0.5, 0.6) is 5.75 Å². The number of anilines is 2. The second-order valence-corrected chi connectivity index (χ2v) is 6.23. The fraction of sp³-hybridized carbons (Fsp3) is 0.0476. The van der Waals surface area contributed by atoms with E-state index in [9.17, 15) is 0 Å². The number of hydrogen-bond acceptors (Lipinski definition) is 4. The summed E-state index contributed by atoms with van der Waals surface area (Å²) in [6.07, 6.45) is 1.83. The number of nitrogens with zero attached hydrogens (tertiary/aromatic N) is 2. The van der Waals surface area contributed by atoms with Gasteiger partial charge in [0.1, 0.15) is 5.75 Å². The number of hydrogen-bond donors (Lipinski definition) is 1. The van der Waals surface area contributed by atoms with E-state index in [1.807, 2.05) is 66.9 Å². The largest absolute Gasteiger partial charge is 0.497 e. The number of rotatable bonds is 4. The molecule has 4 rings (SSSR count). The summed E-state index contributed by atoms with van der Waals surface area (Å²) in [6.45, 7) is 0. The molecule has 1 aromatic heterocycles. The van der Waals surface area contributed by atoms with Gasteiger partial charge in [0.15, 0.2) is 0 Å². The Kier molecular flexibility index (Phi) is 4.42. The van der Waals surface area contributed by atoms with Crippen molar-refractivity contribution in [2.45, 2.75) is 0 Å². The lowest BCUT2D eigenvalue weighted by Crippen LogP contribution is -1.97. The predicted molar refractivity (Wildman–Crippen MR) is 106 cm³/mol. The summed E-state index contributed by atoms with van der Waals surface area (Å²) in [6, 6.07) is 21.5. The molecule has 5 heteroatoms. The van der Waals surface area contributed by atoms with Gasteiger partial charge < -0.3 is 10.1 Å². The molecule has 0 atom stereocenters. The topological polar surface area (TPSA) is 47.0 Å². The van der Waals surface area contributed by atoms with Crippen LogP contribution in [0.2, 0.25) is 5.02 Å². The van der Waals surface area contributed by atoms with Crippen molar-refractivity contribution < 1.29 is 4.74 Å². The molecular formula is C21H16ClN3O. The molecular weight excluding hydrogens is 346 g/mol. The van der Waals surface area contributed by atoms with Crippen LogP contribution >= 0.6 is 11.6 Å². The van der Waals surface area contributed by atoms with Crippen LogP contribution in [0.15, 0.2) is 72.9 Å². The summed E-state index contributed by atoms with van der Waals surface area (Å²) in [5.41, 5.74) is 3.90. The highest BCUT2D eigenvalue weighted by atomic mass is 35.5. The molecule has 0 saturated heterocycles. The molecule has 0 radical (unpaired) electrons. The maximum atomic E-state index is 5.94. The molecule has 1 N–H and O–H groups in total. The molecule has 0 unspecified atom stereocenters. The predicted octanol–water partition coefficient (Wildman–Crippen LogP) is 5.70. The fourth-order valence-electron chi connectivity index (χ4n) is 2.78. The molecule has 0 fully saturated rings. The van der Waals surface area contributed by atoms with Gasteiger partial charge in [0, 0.05) is 27.9 Å². The maximum absolute atomic E-state index is 5.94. The van der Waals surface area contributed by atoms with Crippen LogP contribution in [0.1, 0.15) is 0 Å². The molecule has 0 aliphatic rings. The van der Waals surface area contributed by atoms with Gasteiger partial charge >= 0.3 is 0 Å². The van der Waals surface area contributed by atoms with Crippen LogP contribution in [-0.4, -0.2) is 17.1 Å². The maximum Gasteiger partial charge on any atom is 0.227 e. The summed E-state index contributed by atoms with van der Waals surface area (Å²) >= 11 is 5.94. The smallest absolute Gasteiger partial charge is 0.227 e. The Balaban J connectivity index is 1.75. The monoisotopic (exact) mass is 361 g/mol. The van der Waals surface area contributed by atoms with Gasteiger partial charge in [-0.3, -0.25) is 0 Å².